The fraction of sp³-hybridized carbons (Fsp3) is 0.455. The van der Waals surface area contributed by atoms with Crippen molar-refractivity contribution in [3.8, 4) is 0 Å². The molecule has 1 aliphatic heterocycles. The van der Waals surface area contributed by atoms with E-state index in [0.29, 0.717) is 6.54 Å². The van der Waals surface area contributed by atoms with Gasteiger partial charge >= 0.3 is 0 Å². The Hall–Kier alpha value is -0.190. The highest BCUT2D eigenvalue weighted by atomic mass is 79.9. The van der Waals surface area contributed by atoms with E-state index in [0.717, 1.165) is 17.6 Å². The van der Waals surface area contributed by atoms with Crippen molar-refractivity contribution in [2.45, 2.75) is 6.54 Å². The quantitative estimate of drug-likeness (QED) is 0.906. The smallest absolute Gasteiger partial charge is 0.0378 e. The van der Waals surface area contributed by atoms with Gasteiger partial charge < -0.3 is 10.6 Å². The molecular formula is C11H15BrN2S. The highest BCUT2D eigenvalue weighted by Crippen LogP contribution is 2.25. The molecule has 15 heavy (non-hydrogen) atoms. The van der Waals surface area contributed by atoms with Crippen LogP contribution in [0.5, 0.6) is 0 Å². The van der Waals surface area contributed by atoms with E-state index in [1.54, 1.807) is 0 Å². The van der Waals surface area contributed by atoms with Gasteiger partial charge in [0.25, 0.3) is 0 Å². The lowest BCUT2D eigenvalue weighted by molar-refractivity contribution is 0.857. The number of halogens is 1. The summed E-state index contributed by atoms with van der Waals surface area (Å²) in [6.45, 7) is 2.90. The van der Waals surface area contributed by atoms with E-state index in [1.165, 1.54) is 22.8 Å². The molecule has 4 heteroatoms. The van der Waals surface area contributed by atoms with E-state index in [9.17, 15) is 0 Å². The van der Waals surface area contributed by atoms with Gasteiger partial charge in [-0.2, -0.15) is 11.8 Å². The summed E-state index contributed by atoms with van der Waals surface area (Å²) in [5.41, 5.74) is 8.11. The molecule has 0 unspecified atom stereocenters. The lowest BCUT2D eigenvalue weighted by Gasteiger charge is -2.28. The molecule has 0 spiro atoms. The minimum absolute atomic E-state index is 0.594. The molecule has 1 aliphatic rings. The number of anilines is 1. The van der Waals surface area contributed by atoms with Crippen molar-refractivity contribution >= 4 is 33.4 Å². The predicted molar refractivity (Wildman–Crippen MR) is 71.6 cm³/mol. The maximum Gasteiger partial charge on any atom is 0.0378 e. The van der Waals surface area contributed by atoms with Gasteiger partial charge in [0.1, 0.15) is 0 Å². The molecule has 0 atom stereocenters. The number of nitrogens with two attached hydrogens (primary N) is 1. The van der Waals surface area contributed by atoms with Gasteiger partial charge in [0.15, 0.2) is 0 Å². The van der Waals surface area contributed by atoms with Gasteiger partial charge in [-0.1, -0.05) is 22.0 Å². The maximum atomic E-state index is 5.63. The highest BCUT2D eigenvalue weighted by Gasteiger charge is 2.11. The van der Waals surface area contributed by atoms with Crippen molar-refractivity contribution in [2.75, 3.05) is 29.5 Å². The van der Waals surface area contributed by atoms with Crippen LogP contribution in [0.3, 0.4) is 0 Å². The van der Waals surface area contributed by atoms with Crippen molar-refractivity contribution in [1.82, 2.24) is 0 Å². The molecule has 1 aromatic rings. The largest absolute Gasteiger partial charge is 0.370 e. The van der Waals surface area contributed by atoms with Crippen LogP contribution in [-0.2, 0) is 6.54 Å². The Kier molecular flexibility index (Phi) is 3.94. The normalized spacial score (nSPS) is 16.8. The lowest BCUT2D eigenvalue weighted by atomic mass is 10.2. The lowest BCUT2D eigenvalue weighted by Crippen LogP contribution is -2.32. The first-order valence-electron chi connectivity index (χ1n) is 5.12. The van der Waals surface area contributed by atoms with Gasteiger partial charge in [0.2, 0.25) is 0 Å². The van der Waals surface area contributed by atoms with Crippen molar-refractivity contribution in [1.29, 1.82) is 0 Å². The fourth-order valence-electron chi connectivity index (χ4n) is 1.72. The van der Waals surface area contributed by atoms with Crippen LogP contribution in [-0.4, -0.2) is 24.6 Å². The number of hydrogen-bond donors (Lipinski definition) is 1. The Morgan fingerprint density at radius 1 is 1.33 bits per heavy atom. The summed E-state index contributed by atoms with van der Waals surface area (Å²) in [4.78, 5) is 2.43. The summed E-state index contributed by atoms with van der Waals surface area (Å²) in [5.74, 6) is 2.46. The summed E-state index contributed by atoms with van der Waals surface area (Å²) in [7, 11) is 0. The number of thioether (sulfide) groups is 1. The average Bonchev–Trinajstić information content (AvgIpc) is 2.30. The zero-order valence-corrected chi connectivity index (χ0v) is 11.0. The van der Waals surface area contributed by atoms with E-state index >= 15 is 0 Å². The average molecular weight is 287 g/mol. The fourth-order valence-corrected chi connectivity index (χ4v) is 3.15. The van der Waals surface area contributed by atoms with Crippen LogP contribution in [0.15, 0.2) is 22.7 Å². The topological polar surface area (TPSA) is 29.3 Å². The SMILES string of the molecule is NCc1ccc(N2CCSCC2)cc1Br. The first-order valence-corrected chi connectivity index (χ1v) is 7.07. The Balaban J connectivity index is 2.17. The van der Waals surface area contributed by atoms with E-state index in [1.807, 2.05) is 11.8 Å². The van der Waals surface area contributed by atoms with E-state index in [-0.39, 0.29) is 0 Å². The second-order valence-corrected chi connectivity index (χ2v) is 5.66. The van der Waals surface area contributed by atoms with Crippen molar-refractivity contribution in [3.05, 3.63) is 28.2 Å². The van der Waals surface area contributed by atoms with Gasteiger partial charge in [-0.25, -0.2) is 0 Å². The van der Waals surface area contributed by atoms with E-state index in [2.05, 4.69) is 39.0 Å². The molecule has 0 saturated carbocycles. The molecule has 82 valence electrons. The molecule has 1 saturated heterocycles. The molecule has 2 N–H and O–H groups in total. The minimum atomic E-state index is 0.594. The van der Waals surface area contributed by atoms with Crippen LogP contribution >= 0.6 is 27.7 Å². The molecule has 2 nitrogen and oxygen atoms in total. The third kappa shape index (κ3) is 2.68. The van der Waals surface area contributed by atoms with Crippen LogP contribution in [0.4, 0.5) is 5.69 Å². The highest BCUT2D eigenvalue weighted by molar-refractivity contribution is 9.10. The van der Waals surface area contributed by atoms with Crippen molar-refractivity contribution < 1.29 is 0 Å². The number of benzene rings is 1. The molecule has 1 fully saturated rings. The zero-order valence-electron chi connectivity index (χ0n) is 8.58. The van der Waals surface area contributed by atoms with Gasteiger partial charge in [-0.05, 0) is 17.7 Å². The molecule has 0 amide bonds. The summed E-state index contributed by atoms with van der Waals surface area (Å²) in [5, 5.41) is 0. The Labute approximate surface area is 103 Å². The number of hydrogen-bond acceptors (Lipinski definition) is 3. The summed E-state index contributed by atoms with van der Waals surface area (Å²) in [6, 6.07) is 6.46. The van der Waals surface area contributed by atoms with Crippen LogP contribution in [0.25, 0.3) is 0 Å². The van der Waals surface area contributed by atoms with E-state index < -0.39 is 0 Å². The summed E-state index contributed by atoms with van der Waals surface area (Å²) < 4.78 is 1.13. The first-order chi connectivity index (χ1) is 7.31. The monoisotopic (exact) mass is 286 g/mol. The molecule has 1 aromatic carbocycles. The van der Waals surface area contributed by atoms with Crippen molar-refractivity contribution in [2.24, 2.45) is 5.73 Å². The summed E-state index contributed by atoms with van der Waals surface area (Å²) >= 11 is 5.59. The van der Waals surface area contributed by atoms with Gasteiger partial charge in [-0.3, -0.25) is 0 Å². The Morgan fingerprint density at radius 3 is 2.67 bits per heavy atom. The van der Waals surface area contributed by atoms with Crippen LogP contribution in [0.2, 0.25) is 0 Å². The third-order valence-electron chi connectivity index (χ3n) is 2.63. The molecule has 2 rings (SSSR count). The Morgan fingerprint density at radius 2 is 2.07 bits per heavy atom. The number of nitrogens with zero attached hydrogens (tertiary/aromatic N) is 1. The molecule has 1 heterocycles. The maximum absolute atomic E-state index is 5.63. The zero-order chi connectivity index (χ0) is 10.7. The predicted octanol–water partition coefficient (Wildman–Crippen LogP) is 2.46. The van der Waals surface area contributed by atoms with Gasteiger partial charge in [0.05, 0.1) is 0 Å². The second kappa shape index (κ2) is 5.23. The third-order valence-corrected chi connectivity index (χ3v) is 4.31. The molecule has 0 aromatic heterocycles. The molecule has 0 radical (unpaired) electrons. The Bertz CT molecular complexity index is 337. The standard InChI is InChI=1S/C11H15BrN2S/c12-11-7-10(2-1-9(11)8-13)14-3-5-15-6-4-14/h1-2,7H,3-6,8,13H2. The van der Waals surface area contributed by atoms with Crippen LogP contribution < -0.4 is 10.6 Å². The van der Waals surface area contributed by atoms with E-state index in [4.69, 9.17) is 5.73 Å². The van der Waals surface area contributed by atoms with Gasteiger partial charge in [0, 0.05) is 41.3 Å². The molecular weight excluding hydrogens is 272 g/mol. The summed E-state index contributed by atoms with van der Waals surface area (Å²) in [6.07, 6.45) is 0. The van der Waals surface area contributed by atoms with Gasteiger partial charge in [-0.15, -0.1) is 0 Å². The minimum Gasteiger partial charge on any atom is -0.370 e. The van der Waals surface area contributed by atoms with Crippen LogP contribution in [0, 0.1) is 0 Å². The van der Waals surface area contributed by atoms with Crippen molar-refractivity contribution in [3.63, 3.8) is 0 Å². The first kappa shape index (κ1) is 11.3. The number of rotatable bonds is 2. The van der Waals surface area contributed by atoms with Crippen LogP contribution in [0.1, 0.15) is 5.56 Å². The molecule has 0 aliphatic carbocycles. The second-order valence-electron chi connectivity index (χ2n) is 3.58. The molecule has 0 bridgehead atoms.